The largest absolute Gasteiger partial charge is 0.464 e. The number of nitrogens with zero attached hydrogens (tertiary/aromatic N) is 2. The van der Waals surface area contributed by atoms with Crippen LogP contribution in [0.15, 0.2) is 41.0 Å². The molecule has 2 rings (SSSR count). The summed E-state index contributed by atoms with van der Waals surface area (Å²) in [7, 11) is 0. The highest BCUT2D eigenvalue weighted by molar-refractivity contribution is 5.95. The second-order valence-corrected chi connectivity index (χ2v) is 2.94. The summed E-state index contributed by atoms with van der Waals surface area (Å²) in [4.78, 5) is 0. The highest BCUT2D eigenvalue weighted by Crippen LogP contribution is 2.25. The maximum atomic E-state index is 8.91. The van der Waals surface area contributed by atoms with E-state index in [4.69, 9.17) is 14.9 Å². The van der Waals surface area contributed by atoms with Crippen molar-refractivity contribution in [1.82, 2.24) is 0 Å². The number of rotatable bonds is 1. The van der Waals surface area contributed by atoms with Crippen LogP contribution in [0.2, 0.25) is 0 Å². The van der Waals surface area contributed by atoms with E-state index in [2.05, 4.69) is 0 Å². The monoisotopic (exact) mass is 194 g/mol. The van der Waals surface area contributed by atoms with E-state index in [-0.39, 0.29) is 0 Å². The molecule has 0 aliphatic heterocycles. The zero-order valence-corrected chi connectivity index (χ0v) is 7.77. The first-order valence-corrected chi connectivity index (χ1v) is 4.33. The van der Waals surface area contributed by atoms with E-state index in [1.54, 1.807) is 24.5 Å². The third-order valence-corrected chi connectivity index (χ3v) is 2.12. The predicted octanol–water partition coefficient (Wildman–Crippen LogP) is 2.86. The van der Waals surface area contributed by atoms with Gasteiger partial charge in [-0.15, -0.1) is 0 Å². The fraction of sp³-hybridized carbons (Fsp3) is 0. The minimum Gasteiger partial charge on any atom is -0.464 e. The van der Waals surface area contributed by atoms with Crippen LogP contribution in [-0.2, 0) is 0 Å². The summed E-state index contributed by atoms with van der Waals surface area (Å²) in [6, 6.07) is 11.1. The predicted molar refractivity (Wildman–Crippen MR) is 55.4 cm³/mol. The second-order valence-electron chi connectivity index (χ2n) is 2.94. The molecule has 0 bridgehead atoms. The van der Waals surface area contributed by atoms with Crippen molar-refractivity contribution in [3.8, 4) is 12.1 Å². The lowest BCUT2D eigenvalue weighted by Gasteiger charge is -1.98. The van der Waals surface area contributed by atoms with Gasteiger partial charge < -0.3 is 4.42 Å². The van der Waals surface area contributed by atoms with Crippen LogP contribution in [-0.4, -0.2) is 0 Å². The molecule has 0 unspecified atom stereocenters. The van der Waals surface area contributed by atoms with Crippen molar-refractivity contribution < 1.29 is 4.42 Å². The van der Waals surface area contributed by atoms with Gasteiger partial charge in [-0.2, -0.15) is 10.5 Å². The Morgan fingerprint density at radius 1 is 1.27 bits per heavy atom. The van der Waals surface area contributed by atoms with Crippen LogP contribution in [0.4, 0.5) is 0 Å². The first-order chi connectivity index (χ1) is 7.36. The topological polar surface area (TPSA) is 60.7 Å². The number of fused-ring (bicyclic) bond motifs is 1. The molecule has 0 atom stereocenters. The molecule has 15 heavy (non-hydrogen) atoms. The van der Waals surface area contributed by atoms with Crippen LogP contribution < -0.4 is 0 Å². The van der Waals surface area contributed by atoms with Gasteiger partial charge in [-0.1, -0.05) is 12.1 Å². The molecule has 1 aromatic heterocycles. The zero-order valence-electron chi connectivity index (χ0n) is 7.77. The van der Waals surface area contributed by atoms with Gasteiger partial charge in [0, 0.05) is 17.0 Å². The fourth-order valence-electron chi connectivity index (χ4n) is 1.46. The average Bonchev–Trinajstić information content (AvgIpc) is 2.73. The molecule has 70 valence electrons. The Morgan fingerprint density at radius 2 is 2.13 bits per heavy atom. The molecular weight excluding hydrogens is 188 g/mol. The molecule has 0 amide bonds. The minimum absolute atomic E-state index is 0.351. The Kier molecular flexibility index (Phi) is 2.23. The summed E-state index contributed by atoms with van der Waals surface area (Å²) in [5.74, 6) is 0. The number of hydrogen-bond acceptors (Lipinski definition) is 3. The summed E-state index contributed by atoms with van der Waals surface area (Å²) in [5, 5.41) is 18.3. The standard InChI is InChI=1S/C12H6N2O/c13-6-4-9(8-14)10-2-1-3-12-11(10)5-7-15-12/h1-5,7H/b9-4+. The van der Waals surface area contributed by atoms with Crippen LogP contribution in [0.25, 0.3) is 16.5 Å². The lowest BCUT2D eigenvalue weighted by atomic mass is 10.0. The average molecular weight is 194 g/mol. The lowest BCUT2D eigenvalue weighted by molar-refractivity contribution is 0.616. The SMILES string of the molecule is N#C/C=C(\C#N)c1cccc2occc12. The normalized spacial score (nSPS) is 10.9. The smallest absolute Gasteiger partial charge is 0.134 e. The van der Waals surface area contributed by atoms with Gasteiger partial charge in [-0.05, 0) is 12.1 Å². The Hall–Kier alpha value is -2.52. The quantitative estimate of drug-likeness (QED) is 0.655. The third kappa shape index (κ3) is 1.47. The van der Waals surface area contributed by atoms with Crippen molar-refractivity contribution in [3.63, 3.8) is 0 Å². The molecule has 0 N–H and O–H groups in total. The second kappa shape index (κ2) is 3.69. The number of nitriles is 2. The first kappa shape index (κ1) is 9.05. The maximum Gasteiger partial charge on any atom is 0.134 e. The molecule has 0 aliphatic rings. The van der Waals surface area contributed by atoms with Crippen LogP contribution in [0.3, 0.4) is 0 Å². The molecule has 0 saturated heterocycles. The summed E-state index contributed by atoms with van der Waals surface area (Å²) >= 11 is 0. The number of hydrogen-bond donors (Lipinski definition) is 0. The molecule has 3 heteroatoms. The Labute approximate surface area is 86.5 Å². The van der Waals surface area contributed by atoms with Crippen LogP contribution >= 0.6 is 0 Å². The van der Waals surface area contributed by atoms with Gasteiger partial charge >= 0.3 is 0 Å². The zero-order chi connectivity index (χ0) is 10.7. The summed E-state index contributed by atoms with van der Waals surface area (Å²) in [6.07, 6.45) is 2.80. The van der Waals surface area contributed by atoms with E-state index in [0.717, 1.165) is 10.9 Å². The Balaban J connectivity index is 2.72. The van der Waals surface area contributed by atoms with E-state index < -0.39 is 0 Å². The molecule has 0 radical (unpaired) electrons. The maximum absolute atomic E-state index is 8.91. The number of benzene rings is 1. The molecular formula is C12H6N2O. The van der Waals surface area contributed by atoms with E-state index in [1.165, 1.54) is 6.08 Å². The van der Waals surface area contributed by atoms with Gasteiger partial charge in [0.05, 0.1) is 17.9 Å². The van der Waals surface area contributed by atoms with Crippen molar-refractivity contribution >= 4 is 16.5 Å². The first-order valence-electron chi connectivity index (χ1n) is 4.33. The Morgan fingerprint density at radius 3 is 2.87 bits per heavy atom. The molecule has 0 aliphatic carbocycles. The van der Waals surface area contributed by atoms with Crippen molar-refractivity contribution in [2.45, 2.75) is 0 Å². The molecule has 0 fully saturated rings. The number of furan rings is 1. The van der Waals surface area contributed by atoms with E-state index in [1.807, 2.05) is 18.2 Å². The molecule has 1 heterocycles. The van der Waals surface area contributed by atoms with Crippen LogP contribution in [0.1, 0.15) is 5.56 Å². The van der Waals surface area contributed by atoms with Crippen molar-refractivity contribution in [2.24, 2.45) is 0 Å². The van der Waals surface area contributed by atoms with E-state index in [9.17, 15) is 0 Å². The highest BCUT2D eigenvalue weighted by atomic mass is 16.3. The third-order valence-electron chi connectivity index (χ3n) is 2.12. The van der Waals surface area contributed by atoms with Gasteiger partial charge in [0.1, 0.15) is 11.7 Å². The lowest BCUT2D eigenvalue weighted by Crippen LogP contribution is -1.81. The van der Waals surface area contributed by atoms with Gasteiger partial charge in [-0.25, -0.2) is 0 Å². The highest BCUT2D eigenvalue weighted by Gasteiger charge is 2.07. The summed E-state index contributed by atoms with van der Waals surface area (Å²) in [6.45, 7) is 0. The van der Waals surface area contributed by atoms with Gasteiger partial charge in [0.25, 0.3) is 0 Å². The van der Waals surface area contributed by atoms with Gasteiger partial charge in [0.15, 0.2) is 0 Å². The Bertz CT molecular complexity index is 608. The van der Waals surface area contributed by atoms with Crippen molar-refractivity contribution in [1.29, 1.82) is 10.5 Å². The van der Waals surface area contributed by atoms with Gasteiger partial charge in [0.2, 0.25) is 0 Å². The van der Waals surface area contributed by atoms with Crippen molar-refractivity contribution in [2.75, 3.05) is 0 Å². The molecule has 2 aromatic rings. The molecule has 0 saturated carbocycles. The van der Waals surface area contributed by atoms with Gasteiger partial charge in [-0.3, -0.25) is 0 Å². The minimum atomic E-state index is 0.351. The summed E-state index contributed by atoms with van der Waals surface area (Å²) < 4.78 is 5.21. The number of allylic oxidation sites excluding steroid dienone is 2. The molecule has 1 aromatic carbocycles. The van der Waals surface area contributed by atoms with E-state index in [0.29, 0.717) is 11.2 Å². The molecule has 3 nitrogen and oxygen atoms in total. The molecule has 0 spiro atoms. The van der Waals surface area contributed by atoms with Crippen LogP contribution in [0, 0.1) is 22.7 Å². The van der Waals surface area contributed by atoms with Crippen LogP contribution in [0.5, 0.6) is 0 Å². The van der Waals surface area contributed by atoms with Crippen molar-refractivity contribution in [3.05, 3.63) is 42.2 Å². The summed E-state index contributed by atoms with van der Waals surface area (Å²) in [5.41, 5.74) is 1.79. The van der Waals surface area contributed by atoms with E-state index >= 15 is 0 Å². The fourth-order valence-corrected chi connectivity index (χ4v) is 1.46.